The van der Waals surface area contributed by atoms with Gasteiger partial charge in [-0.3, -0.25) is 4.79 Å². The topological polar surface area (TPSA) is 38.3 Å². The van der Waals surface area contributed by atoms with Crippen LogP contribution in [0.3, 0.4) is 0 Å². The van der Waals surface area contributed by atoms with Crippen LogP contribution in [-0.4, -0.2) is 12.5 Å². The molecule has 2 rings (SSSR count). The zero-order valence-electron chi connectivity index (χ0n) is 14.7. The summed E-state index contributed by atoms with van der Waals surface area (Å²) in [4.78, 5) is 12.0. The van der Waals surface area contributed by atoms with Gasteiger partial charge in [-0.25, -0.2) is 0 Å². The van der Waals surface area contributed by atoms with E-state index in [-0.39, 0.29) is 5.91 Å². The number of ether oxygens (including phenoxy) is 1. The van der Waals surface area contributed by atoms with E-state index in [2.05, 4.69) is 24.4 Å². The number of amides is 1. The second-order valence-corrected chi connectivity index (χ2v) is 6.07. The Hall–Kier alpha value is -2.29. The molecule has 1 amide bonds. The summed E-state index contributed by atoms with van der Waals surface area (Å²) in [6.07, 6.45) is 4.66. The molecule has 2 aromatic carbocycles. The molecule has 2 aromatic rings. The molecule has 0 fully saturated rings. The summed E-state index contributed by atoms with van der Waals surface area (Å²) in [7, 11) is 0. The van der Waals surface area contributed by atoms with Crippen LogP contribution in [0.15, 0.2) is 48.5 Å². The van der Waals surface area contributed by atoms with Crippen LogP contribution >= 0.6 is 0 Å². The van der Waals surface area contributed by atoms with Crippen LogP contribution in [0.25, 0.3) is 0 Å². The lowest BCUT2D eigenvalue weighted by Gasteiger charge is -2.09. The highest BCUT2D eigenvalue weighted by Gasteiger charge is 2.04. The summed E-state index contributed by atoms with van der Waals surface area (Å²) >= 11 is 0. The van der Waals surface area contributed by atoms with Crippen LogP contribution in [0.1, 0.15) is 43.7 Å². The lowest BCUT2D eigenvalue weighted by molar-refractivity contribution is -0.116. The SMILES string of the molecule is CCCCc1ccc(NC(=O)CCCOc2ccccc2C)cc1. The molecule has 1 N–H and O–H groups in total. The predicted octanol–water partition coefficient (Wildman–Crippen LogP) is 5.14. The van der Waals surface area contributed by atoms with Crippen molar-refractivity contribution in [3.05, 3.63) is 59.7 Å². The van der Waals surface area contributed by atoms with Gasteiger partial charge in [0, 0.05) is 12.1 Å². The van der Waals surface area contributed by atoms with Crippen molar-refractivity contribution in [2.75, 3.05) is 11.9 Å². The van der Waals surface area contributed by atoms with Gasteiger partial charge in [0.15, 0.2) is 0 Å². The summed E-state index contributed by atoms with van der Waals surface area (Å²) in [5.41, 5.74) is 3.30. The Balaban J connectivity index is 1.68. The van der Waals surface area contributed by atoms with E-state index in [9.17, 15) is 4.79 Å². The van der Waals surface area contributed by atoms with Crippen molar-refractivity contribution in [1.82, 2.24) is 0 Å². The van der Waals surface area contributed by atoms with Gasteiger partial charge >= 0.3 is 0 Å². The van der Waals surface area contributed by atoms with Crippen LogP contribution in [-0.2, 0) is 11.2 Å². The maximum Gasteiger partial charge on any atom is 0.224 e. The van der Waals surface area contributed by atoms with E-state index in [1.165, 1.54) is 18.4 Å². The lowest BCUT2D eigenvalue weighted by atomic mass is 10.1. The van der Waals surface area contributed by atoms with Crippen molar-refractivity contribution < 1.29 is 9.53 Å². The molecule has 0 radical (unpaired) electrons. The Kier molecular flexibility index (Phi) is 7.34. The fourth-order valence-corrected chi connectivity index (χ4v) is 2.49. The van der Waals surface area contributed by atoms with E-state index in [4.69, 9.17) is 4.74 Å². The molecule has 128 valence electrons. The van der Waals surface area contributed by atoms with E-state index in [1.54, 1.807) is 0 Å². The number of rotatable bonds is 9. The maximum absolute atomic E-state index is 12.0. The summed E-state index contributed by atoms with van der Waals surface area (Å²) in [6.45, 7) is 4.76. The Morgan fingerprint density at radius 1 is 1.04 bits per heavy atom. The number of para-hydroxylation sites is 1. The van der Waals surface area contributed by atoms with Gasteiger partial charge < -0.3 is 10.1 Å². The lowest BCUT2D eigenvalue weighted by Crippen LogP contribution is -2.12. The standard InChI is InChI=1S/C21H27NO2/c1-3-4-9-18-12-14-19(15-13-18)22-21(23)11-7-16-24-20-10-6-5-8-17(20)2/h5-6,8,10,12-15H,3-4,7,9,11,16H2,1-2H3,(H,22,23). The molecule has 0 unspecified atom stereocenters. The number of anilines is 1. The molecule has 24 heavy (non-hydrogen) atoms. The van der Waals surface area contributed by atoms with E-state index in [0.29, 0.717) is 19.4 Å². The molecule has 0 saturated heterocycles. The zero-order chi connectivity index (χ0) is 17.2. The van der Waals surface area contributed by atoms with Crippen LogP contribution in [0.2, 0.25) is 0 Å². The average molecular weight is 325 g/mol. The molecule has 0 bridgehead atoms. The quantitative estimate of drug-likeness (QED) is 0.649. The maximum atomic E-state index is 12.0. The molecule has 0 aliphatic heterocycles. The molecule has 0 aliphatic rings. The van der Waals surface area contributed by atoms with E-state index >= 15 is 0 Å². The minimum Gasteiger partial charge on any atom is -0.493 e. The minimum atomic E-state index is 0.0321. The molecule has 0 heterocycles. The molecule has 0 atom stereocenters. The highest BCUT2D eigenvalue weighted by atomic mass is 16.5. The van der Waals surface area contributed by atoms with Gasteiger partial charge in [-0.2, -0.15) is 0 Å². The number of unbranched alkanes of at least 4 members (excludes halogenated alkanes) is 1. The fourth-order valence-electron chi connectivity index (χ4n) is 2.49. The number of hydrogen-bond donors (Lipinski definition) is 1. The third-order valence-corrected chi connectivity index (χ3v) is 3.96. The van der Waals surface area contributed by atoms with Crippen molar-refractivity contribution in [2.24, 2.45) is 0 Å². The molecular weight excluding hydrogens is 298 g/mol. The van der Waals surface area contributed by atoms with Crippen LogP contribution in [0.4, 0.5) is 5.69 Å². The van der Waals surface area contributed by atoms with Crippen molar-refractivity contribution in [3.8, 4) is 5.75 Å². The fraction of sp³-hybridized carbons (Fsp3) is 0.381. The minimum absolute atomic E-state index is 0.0321. The van der Waals surface area contributed by atoms with Crippen LogP contribution < -0.4 is 10.1 Å². The molecule has 0 aliphatic carbocycles. The highest BCUT2D eigenvalue weighted by molar-refractivity contribution is 5.90. The third kappa shape index (κ3) is 6.07. The first kappa shape index (κ1) is 18.1. The Bertz CT molecular complexity index is 635. The number of carbonyl (C=O) groups is 1. The first-order valence-electron chi connectivity index (χ1n) is 8.76. The summed E-state index contributed by atoms with van der Waals surface area (Å²) in [5, 5.41) is 2.94. The number of aryl methyl sites for hydroxylation is 2. The zero-order valence-corrected chi connectivity index (χ0v) is 14.7. The second-order valence-electron chi connectivity index (χ2n) is 6.07. The van der Waals surface area contributed by atoms with Gasteiger partial charge in [0.2, 0.25) is 5.91 Å². The predicted molar refractivity (Wildman–Crippen MR) is 99.6 cm³/mol. The smallest absolute Gasteiger partial charge is 0.224 e. The summed E-state index contributed by atoms with van der Waals surface area (Å²) in [6, 6.07) is 16.1. The summed E-state index contributed by atoms with van der Waals surface area (Å²) in [5.74, 6) is 0.922. The first-order valence-corrected chi connectivity index (χ1v) is 8.76. The van der Waals surface area contributed by atoms with Crippen molar-refractivity contribution >= 4 is 11.6 Å². The number of benzene rings is 2. The number of hydrogen-bond acceptors (Lipinski definition) is 2. The summed E-state index contributed by atoms with van der Waals surface area (Å²) < 4.78 is 5.71. The molecule has 3 heteroatoms. The van der Waals surface area contributed by atoms with Crippen molar-refractivity contribution in [1.29, 1.82) is 0 Å². The third-order valence-electron chi connectivity index (χ3n) is 3.96. The average Bonchev–Trinajstić information content (AvgIpc) is 2.59. The Morgan fingerprint density at radius 3 is 2.50 bits per heavy atom. The first-order chi connectivity index (χ1) is 11.7. The molecule has 0 spiro atoms. The normalized spacial score (nSPS) is 10.4. The van der Waals surface area contributed by atoms with Gasteiger partial charge in [0.1, 0.15) is 5.75 Å². The van der Waals surface area contributed by atoms with Crippen molar-refractivity contribution in [2.45, 2.75) is 46.0 Å². The van der Waals surface area contributed by atoms with Gasteiger partial charge in [-0.05, 0) is 55.5 Å². The Labute approximate surface area is 145 Å². The second kappa shape index (κ2) is 9.76. The monoisotopic (exact) mass is 325 g/mol. The molecule has 3 nitrogen and oxygen atoms in total. The van der Waals surface area contributed by atoms with Crippen molar-refractivity contribution in [3.63, 3.8) is 0 Å². The molecule has 0 aromatic heterocycles. The highest BCUT2D eigenvalue weighted by Crippen LogP contribution is 2.16. The largest absolute Gasteiger partial charge is 0.493 e. The van der Waals surface area contributed by atoms with E-state index < -0.39 is 0 Å². The van der Waals surface area contributed by atoms with Crippen LogP contribution in [0, 0.1) is 6.92 Å². The molecule has 0 saturated carbocycles. The van der Waals surface area contributed by atoms with Gasteiger partial charge in [0.25, 0.3) is 0 Å². The van der Waals surface area contributed by atoms with Gasteiger partial charge in [-0.15, -0.1) is 0 Å². The van der Waals surface area contributed by atoms with Gasteiger partial charge in [0.05, 0.1) is 6.61 Å². The Morgan fingerprint density at radius 2 is 1.79 bits per heavy atom. The van der Waals surface area contributed by atoms with E-state index in [1.807, 2.05) is 43.3 Å². The number of carbonyl (C=O) groups excluding carboxylic acids is 1. The number of nitrogens with one attached hydrogen (secondary N) is 1. The van der Waals surface area contributed by atoms with Crippen LogP contribution in [0.5, 0.6) is 5.75 Å². The molecular formula is C21H27NO2. The van der Waals surface area contributed by atoms with E-state index in [0.717, 1.165) is 23.4 Å². The van der Waals surface area contributed by atoms with Gasteiger partial charge in [-0.1, -0.05) is 43.7 Å².